The van der Waals surface area contributed by atoms with Crippen molar-refractivity contribution in [3.63, 3.8) is 0 Å². The number of fused-ring (bicyclic) bond motifs is 1. The van der Waals surface area contributed by atoms with E-state index < -0.39 is 0 Å². The normalized spacial score (nSPS) is 19.0. The molecule has 5 rings (SSSR count). The zero-order chi connectivity index (χ0) is 20.0. The number of nitrogens with zero attached hydrogens (tertiary/aromatic N) is 2. The van der Waals surface area contributed by atoms with Crippen LogP contribution in [-0.2, 0) is 0 Å². The van der Waals surface area contributed by atoms with Crippen LogP contribution < -0.4 is 4.74 Å². The Labute approximate surface area is 174 Å². The molecule has 0 spiro atoms. The summed E-state index contributed by atoms with van der Waals surface area (Å²) in [5, 5.41) is 8.22. The summed E-state index contributed by atoms with van der Waals surface area (Å²) in [4.78, 5) is 15.4. The number of methoxy groups -OCH3 is 1. The van der Waals surface area contributed by atoms with Crippen LogP contribution in [0.2, 0.25) is 5.02 Å². The minimum absolute atomic E-state index is 0.0316. The van der Waals surface area contributed by atoms with Crippen molar-refractivity contribution < 1.29 is 9.53 Å². The molecule has 2 aliphatic rings. The molecular formula is C23H22ClN3O2. The minimum atomic E-state index is -0.185. The van der Waals surface area contributed by atoms with Crippen LogP contribution in [-0.4, -0.2) is 34.2 Å². The summed E-state index contributed by atoms with van der Waals surface area (Å²) >= 11 is 6.32. The second kappa shape index (κ2) is 7.23. The van der Waals surface area contributed by atoms with Gasteiger partial charge in [0.2, 0.25) is 0 Å². The lowest BCUT2D eigenvalue weighted by molar-refractivity contribution is 0.0660. The smallest absolute Gasteiger partial charge is 0.273 e. The third kappa shape index (κ3) is 3.01. The van der Waals surface area contributed by atoms with Crippen LogP contribution in [0.1, 0.15) is 53.3 Å². The van der Waals surface area contributed by atoms with Crippen LogP contribution in [0.25, 0.3) is 11.3 Å². The van der Waals surface area contributed by atoms with Crippen molar-refractivity contribution in [2.45, 2.75) is 37.8 Å². The number of nitrogens with one attached hydrogen (secondary N) is 1. The average Bonchev–Trinajstić information content (AvgIpc) is 3.46. The maximum absolute atomic E-state index is 13.4. The average molecular weight is 408 g/mol. The van der Waals surface area contributed by atoms with Crippen molar-refractivity contribution >= 4 is 17.5 Å². The predicted molar refractivity (Wildman–Crippen MR) is 112 cm³/mol. The van der Waals surface area contributed by atoms with Gasteiger partial charge in [-0.15, -0.1) is 0 Å². The fourth-order valence-electron chi connectivity index (χ4n) is 4.70. The lowest BCUT2D eigenvalue weighted by atomic mass is 9.95. The SMILES string of the molecule is COc1ccc(-c2n[nH]c3c2C(c2cccc(Cl)c2)N(C2CCCC2)C3=O)cc1. The molecule has 1 unspecified atom stereocenters. The molecule has 0 radical (unpaired) electrons. The van der Waals surface area contributed by atoms with Crippen molar-refractivity contribution in [1.29, 1.82) is 0 Å². The van der Waals surface area contributed by atoms with Gasteiger partial charge in [-0.05, 0) is 54.8 Å². The minimum Gasteiger partial charge on any atom is -0.497 e. The third-order valence-corrected chi connectivity index (χ3v) is 6.29. The van der Waals surface area contributed by atoms with Gasteiger partial charge in [0.25, 0.3) is 5.91 Å². The maximum atomic E-state index is 13.4. The molecule has 6 heteroatoms. The van der Waals surface area contributed by atoms with E-state index in [9.17, 15) is 4.79 Å². The number of H-pyrrole nitrogens is 1. The van der Waals surface area contributed by atoms with Gasteiger partial charge in [0, 0.05) is 22.2 Å². The Morgan fingerprint density at radius 2 is 1.90 bits per heavy atom. The second-order valence-electron chi connectivity index (χ2n) is 7.70. The molecule has 29 heavy (non-hydrogen) atoms. The quantitative estimate of drug-likeness (QED) is 0.644. The summed E-state index contributed by atoms with van der Waals surface area (Å²) in [5.41, 5.74) is 4.31. The zero-order valence-electron chi connectivity index (χ0n) is 16.2. The number of carbonyl (C=O) groups excluding carboxylic acids is 1. The van der Waals surface area contributed by atoms with E-state index in [4.69, 9.17) is 16.3 Å². The molecule has 1 fully saturated rings. The number of rotatable bonds is 4. The van der Waals surface area contributed by atoms with E-state index in [1.807, 2.05) is 48.5 Å². The molecule has 1 N–H and O–H groups in total. The van der Waals surface area contributed by atoms with Crippen molar-refractivity contribution in [2.24, 2.45) is 0 Å². The summed E-state index contributed by atoms with van der Waals surface area (Å²) in [5.74, 6) is 0.820. The van der Waals surface area contributed by atoms with Crippen molar-refractivity contribution in [3.8, 4) is 17.0 Å². The van der Waals surface area contributed by atoms with Crippen LogP contribution in [0.3, 0.4) is 0 Å². The Balaban J connectivity index is 1.66. The van der Waals surface area contributed by atoms with Crippen LogP contribution in [0, 0.1) is 0 Å². The van der Waals surface area contributed by atoms with E-state index in [0.29, 0.717) is 10.7 Å². The summed E-state index contributed by atoms with van der Waals surface area (Å²) in [6, 6.07) is 15.7. The highest BCUT2D eigenvalue weighted by Crippen LogP contribution is 2.46. The third-order valence-electron chi connectivity index (χ3n) is 6.05. The molecule has 2 aromatic carbocycles. The predicted octanol–water partition coefficient (Wildman–Crippen LogP) is 5.23. The molecule has 1 amide bonds. The molecule has 1 aliphatic heterocycles. The molecule has 1 aliphatic carbocycles. The van der Waals surface area contributed by atoms with Gasteiger partial charge < -0.3 is 9.64 Å². The first kappa shape index (κ1) is 18.3. The lowest BCUT2D eigenvalue weighted by Gasteiger charge is -2.32. The summed E-state index contributed by atoms with van der Waals surface area (Å²) in [6.07, 6.45) is 4.40. The van der Waals surface area contributed by atoms with E-state index in [1.54, 1.807) is 7.11 Å². The van der Waals surface area contributed by atoms with Gasteiger partial charge in [0.05, 0.1) is 18.8 Å². The second-order valence-corrected chi connectivity index (χ2v) is 8.13. The number of ether oxygens (including phenoxy) is 1. The van der Waals surface area contributed by atoms with E-state index in [1.165, 1.54) is 0 Å². The number of halogens is 1. The first-order valence-electron chi connectivity index (χ1n) is 9.98. The van der Waals surface area contributed by atoms with Gasteiger partial charge in [0.1, 0.15) is 11.4 Å². The number of benzene rings is 2. The Kier molecular flexibility index (Phi) is 4.55. The Morgan fingerprint density at radius 3 is 2.59 bits per heavy atom. The summed E-state index contributed by atoms with van der Waals surface area (Å²) in [7, 11) is 1.65. The van der Waals surface area contributed by atoms with Gasteiger partial charge >= 0.3 is 0 Å². The maximum Gasteiger partial charge on any atom is 0.273 e. The van der Waals surface area contributed by atoms with E-state index >= 15 is 0 Å². The van der Waals surface area contributed by atoms with Crippen LogP contribution in [0.4, 0.5) is 0 Å². The molecule has 5 nitrogen and oxygen atoms in total. The first-order valence-corrected chi connectivity index (χ1v) is 10.4. The van der Waals surface area contributed by atoms with Crippen molar-refractivity contribution in [2.75, 3.05) is 7.11 Å². The zero-order valence-corrected chi connectivity index (χ0v) is 16.9. The molecule has 0 saturated heterocycles. The molecule has 2 heterocycles. The van der Waals surface area contributed by atoms with Gasteiger partial charge in [-0.2, -0.15) is 5.10 Å². The highest BCUT2D eigenvalue weighted by molar-refractivity contribution is 6.30. The number of aromatic amines is 1. The number of hydrogen-bond donors (Lipinski definition) is 1. The monoisotopic (exact) mass is 407 g/mol. The number of aromatic nitrogens is 2. The number of amides is 1. The fraction of sp³-hybridized carbons (Fsp3) is 0.304. The van der Waals surface area contributed by atoms with Gasteiger partial charge in [-0.25, -0.2) is 0 Å². The number of hydrogen-bond acceptors (Lipinski definition) is 3. The Bertz CT molecular complexity index is 1050. The lowest BCUT2D eigenvalue weighted by Crippen LogP contribution is -2.37. The van der Waals surface area contributed by atoms with Crippen LogP contribution >= 0.6 is 11.6 Å². The first-order chi connectivity index (χ1) is 14.2. The van der Waals surface area contributed by atoms with Gasteiger partial charge in [0.15, 0.2) is 0 Å². The standard InChI is InChI=1S/C23H22ClN3O2/c1-29-18-11-9-14(10-12-18)20-19-21(26-25-20)23(28)27(17-7-2-3-8-17)22(19)15-5-4-6-16(24)13-15/h4-6,9-13,17,22H,2-3,7-8H2,1H3,(H,25,26). The molecule has 148 valence electrons. The Morgan fingerprint density at radius 1 is 1.14 bits per heavy atom. The van der Waals surface area contributed by atoms with Crippen molar-refractivity contribution in [3.05, 3.63) is 70.4 Å². The molecule has 3 aromatic rings. The highest BCUT2D eigenvalue weighted by atomic mass is 35.5. The van der Waals surface area contributed by atoms with Gasteiger partial charge in [-0.3, -0.25) is 9.89 Å². The largest absolute Gasteiger partial charge is 0.497 e. The van der Waals surface area contributed by atoms with E-state index in [0.717, 1.165) is 53.8 Å². The Hall–Kier alpha value is -2.79. The van der Waals surface area contributed by atoms with Crippen LogP contribution in [0.15, 0.2) is 48.5 Å². The molecule has 1 saturated carbocycles. The highest BCUT2D eigenvalue weighted by Gasteiger charge is 2.45. The number of carbonyl (C=O) groups is 1. The topological polar surface area (TPSA) is 58.2 Å². The van der Waals surface area contributed by atoms with Gasteiger partial charge in [-0.1, -0.05) is 36.6 Å². The van der Waals surface area contributed by atoms with E-state index in [2.05, 4.69) is 15.1 Å². The fourth-order valence-corrected chi connectivity index (χ4v) is 4.90. The molecule has 1 atom stereocenters. The molecule has 1 aromatic heterocycles. The van der Waals surface area contributed by atoms with E-state index in [-0.39, 0.29) is 18.0 Å². The van der Waals surface area contributed by atoms with Crippen molar-refractivity contribution in [1.82, 2.24) is 15.1 Å². The molecule has 0 bridgehead atoms. The summed E-state index contributed by atoms with van der Waals surface area (Å²) in [6.45, 7) is 0. The summed E-state index contributed by atoms with van der Waals surface area (Å²) < 4.78 is 5.28. The van der Waals surface area contributed by atoms with Crippen LogP contribution in [0.5, 0.6) is 5.75 Å². The molecular weight excluding hydrogens is 386 g/mol.